The van der Waals surface area contributed by atoms with E-state index in [9.17, 15) is 13.2 Å². The summed E-state index contributed by atoms with van der Waals surface area (Å²) >= 11 is 1.74. The van der Waals surface area contributed by atoms with Crippen LogP contribution in [0.2, 0.25) is 0 Å². The third-order valence-electron chi connectivity index (χ3n) is 6.96. The highest BCUT2D eigenvalue weighted by atomic mass is 35.5. The van der Waals surface area contributed by atoms with Gasteiger partial charge in [-0.1, -0.05) is 29.5 Å². The zero-order valence-electron chi connectivity index (χ0n) is 23.2. The highest BCUT2D eigenvalue weighted by Gasteiger charge is 2.22. The molecule has 0 aliphatic carbocycles. The quantitative estimate of drug-likeness (QED) is 0.281. The normalized spacial score (nSPS) is 14.0. The van der Waals surface area contributed by atoms with Crippen LogP contribution in [0.4, 0.5) is 10.8 Å². The Morgan fingerprint density at radius 2 is 1.73 bits per heavy atom. The highest BCUT2D eigenvalue weighted by molar-refractivity contribution is 7.92. The third-order valence-corrected chi connectivity index (χ3v) is 9.41. The fourth-order valence-corrected chi connectivity index (χ4v) is 7.08. The van der Waals surface area contributed by atoms with E-state index in [1.165, 1.54) is 35.1 Å². The molecule has 1 saturated heterocycles. The Morgan fingerprint density at radius 1 is 1.02 bits per heavy atom. The van der Waals surface area contributed by atoms with E-state index in [2.05, 4.69) is 45.8 Å². The number of anilines is 2. The second kappa shape index (κ2) is 13.1. The molecule has 1 aliphatic rings. The van der Waals surface area contributed by atoms with Gasteiger partial charge < -0.3 is 15.0 Å². The van der Waals surface area contributed by atoms with Crippen LogP contribution in [0.5, 0.6) is 5.75 Å². The van der Waals surface area contributed by atoms with Crippen molar-refractivity contribution < 1.29 is 17.9 Å². The average molecular weight is 616 g/mol. The maximum atomic E-state index is 13.0. The Hall–Kier alpha value is -3.38. The smallest absolute Gasteiger partial charge is 0.261 e. The first-order valence-electron chi connectivity index (χ1n) is 13.1. The Morgan fingerprint density at radius 3 is 2.44 bits per heavy atom. The standard InChI is InChI=1S/C29H33N5O4S2.ClH/c1-20-18-21(2)27-26(19-20)39-29(31-27)34-16-14-33(15-17-34)13-12-30-28(35)24-6-4-5-7-25(24)32-40(36,37)23-10-8-22(38-3)9-11-23;/h4-11,18-19,32H,12-17H2,1-3H3,(H,30,35);1H. The summed E-state index contributed by atoms with van der Waals surface area (Å²) in [5, 5.41) is 4.00. The van der Waals surface area contributed by atoms with Crippen LogP contribution < -0.4 is 19.7 Å². The van der Waals surface area contributed by atoms with E-state index in [1.54, 1.807) is 47.7 Å². The number of fused-ring (bicyclic) bond motifs is 1. The number of aromatic nitrogens is 1. The number of carbonyl (C=O) groups excluding carboxylic acids is 1. The van der Waals surface area contributed by atoms with E-state index in [0.29, 0.717) is 18.8 Å². The number of halogens is 1. The van der Waals surface area contributed by atoms with Crippen LogP contribution in [0.15, 0.2) is 65.6 Å². The minimum absolute atomic E-state index is 0. The predicted octanol–water partition coefficient (Wildman–Crippen LogP) is 4.70. The first kappa shape index (κ1) is 30.6. The number of para-hydroxylation sites is 1. The van der Waals surface area contributed by atoms with Gasteiger partial charge in [-0.15, -0.1) is 12.4 Å². The van der Waals surface area contributed by atoms with Gasteiger partial charge in [0.05, 0.1) is 33.5 Å². The number of carbonyl (C=O) groups is 1. The van der Waals surface area contributed by atoms with Crippen molar-refractivity contribution in [2.75, 3.05) is 56.0 Å². The topological polar surface area (TPSA) is 104 Å². The van der Waals surface area contributed by atoms with E-state index in [-0.39, 0.29) is 34.5 Å². The number of hydrogen-bond acceptors (Lipinski definition) is 8. The molecular weight excluding hydrogens is 582 g/mol. The molecule has 5 rings (SSSR count). The van der Waals surface area contributed by atoms with Gasteiger partial charge in [-0.05, 0) is 67.4 Å². The van der Waals surface area contributed by atoms with Crippen molar-refractivity contribution >= 4 is 60.7 Å². The van der Waals surface area contributed by atoms with Gasteiger partial charge in [0, 0.05) is 39.3 Å². The Labute approximate surface area is 251 Å². The summed E-state index contributed by atoms with van der Waals surface area (Å²) < 4.78 is 34.7. The van der Waals surface area contributed by atoms with Crippen LogP contribution in [0.3, 0.4) is 0 Å². The van der Waals surface area contributed by atoms with Gasteiger partial charge in [-0.2, -0.15) is 0 Å². The summed E-state index contributed by atoms with van der Waals surface area (Å²) in [7, 11) is -2.36. The van der Waals surface area contributed by atoms with E-state index in [1.807, 2.05) is 0 Å². The lowest BCUT2D eigenvalue weighted by Gasteiger charge is -2.34. The van der Waals surface area contributed by atoms with Gasteiger partial charge in [0.15, 0.2) is 5.13 Å². The molecule has 1 amide bonds. The van der Waals surface area contributed by atoms with Crippen LogP contribution in [0, 0.1) is 13.8 Å². The van der Waals surface area contributed by atoms with Crippen molar-refractivity contribution in [1.29, 1.82) is 0 Å². The van der Waals surface area contributed by atoms with Crippen LogP contribution in [0.1, 0.15) is 21.5 Å². The molecule has 3 aromatic carbocycles. The van der Waals surface area contributed by atoms with Gasteiger partial charge in [0.25, 0.3) is 15.9 Å². The number of amides is 1. The summed E-state index contributed by atoms with van der Waals surface area (Å²) in [5.74, 6) is 0.230. The second-order valence-electron chi connectivity index (χ2n) is 9.84. The Kier molecular flexibility index (Phi) is 9.75. The molecule has 9 nitrogen and oxygen atoms in total. The molecule has 1 fully saturated rings. The van der Waals surface area contributed by atoms with E-state index < -0.39 is 10.0 Å². The van der Waals surface area contributed by atoms with Crippen molar-refractivity contribution in [3.63, 3.8) is 0 Å². The first-order valence-corrected chi connectivity index (χ1v) is 15.4. The molecule has 2 heterocycles. The SMILES string of the molecule is COc1ccc(S(=O)(=O)Nc2ccccc2C(=O)NCCN2CCN(c3nc4c(C)cc(C)cc4s3)CC2)cc1.Cl. The number of nitrogens with zero attached hydrogens (tertiary/aromatic N) is 3. The van der Waals surface area contributed by atoms with Gasteiger partial charge in [0.2, 0.25) is 0 Å². The summed E-state index contributed by atoms with van der Waals surface area (Å²) in [4.78, 5) is 22.6. The van der Waals surface area contributed by atoms with Crippen molar-refractivity contribution in [3.8, 4) is 5.75 Å². The molecule has 0 saturated carbocycles. The first-order chi connectivity index (χ1) is 19.2. The van der Waals surface area contributed by atoms with Crippen molar-refractivity contribution in [3.05, 3.63) is 77.4 Å². The van der Waals surface area contributed by atoms with Crippen LogP contribution in [-0.2, 0) is 10.0 Å². The number of ether oxygens (including phenoxy) is 1. The summed E-state index contributed by atoms with van der Waals surface area (Å²) in [6.45, 7) is 8.89. The molecule has 1 aromatic heterocycles. The summed E-state index contributed by atoms with van der Waals surface area (Å²) in [5.41, 5.74) is 4.05. The molecule has 2 N–H and O–H groups in total. The monoisotopic (exact) mass is 615 g/mol. The maximum Gasteiger partial charge on any atom is 0.261 e. The molecule has 4 aromatic rings. The molecule has 0 spiro atoms. The number of piperazine rings is 1. The minimum atomic E-state index is -3.88. The Balaban J connectivity index is 0.00000387. The number of thiazole rings is 1. The fourth-order valence-electron chi connectivity index (χ4n) is 4.81. The summed E-state index contributed by atoms with van der Waals surface area (Å²) in [6, 6.07) is 17.0. The number of nitrogens with one attached hydrogen (secondary N) is 2. The predicted molar refractivity (Wildman–Crippen MR) is 168 cm³/mol. The zero-order chi connectivity index (χ0) is 28.3. The molecule has 0 atom stereocenters. The van der Waals surface area contributed by atoms with Crippen molar-refractivity contribution in [1.82, 2.24) is 15.2 Å². The van der Waals surface area contributed by atoms with Crippen molar-refractivity contribution in [2.24, 2.45) is 0 Å². The highest BCUT2D eigenvalue weighted by Crippen LogP contribution is 2.32. The van der Waals surface area contributed by atoms with Crippen LogP contribution in [-0.4, -0.2) is 70.6 Å². The lowest BCUT2D eigenvalue weighted by molar-refractivity contribution is 0.0948. The number of hydrogen-bond donors (Lipinski definition) is 2. The molecule has 218 valence electrons. The third kappa shape index (κ3) is 7.10. The average Bonchev–Trinajstić information content (AvgIpc) is 3.38. The number of benzene rings is 3. The van der Waals surface area contributed by atoms with Crippen molar-refractivity contribution in [2.45, 2.75) is 18.7 Å². The van der Waals surface area contributed by atoms with Gasteiger partial charge in [-0.3, -0.25) is 14.4 Å². The van der Waals surface area contributed by atoms with E-state index in [4.69, 9.17) is 9.72 Å². The largest absolute Gasteiger partial charge is 0.497 e. The van der Waals surface area contributed by atoms with Gasteiger partial charge >= 0.3 is 0 Å². The summed E-state index contributed by atoms with van der Waals surface area (Å²) in [6.07, 6.45) is 0. The lowest BCUT2D eigenvalue weighted by atomic mass is 10.1. The molecule has 0 unspecified atom stereocenters. The number of rotatable bonds is 9. The molecular formula is C29H34ClN5O4S2. The molecule has 12 heteroatoms. The maximum absolute atomic E-state index is 13.0. The molecule has 1 aliphatic heterocycles. The molecule has 0 radical (unpaired) electrons. The number of methoxy groups -OCH3 is 1. The van der Waals surface area contributed by atoms with Crippen LogP contribution >= 0.6 is 23.7 Å². The Bertz CT molecular complexity index is 1620. The zero-order valence-corrected chi connectivity index (χ0v) is 25.7. The molecule has 0 bridgehead atoms. The van der Waals surface area contributed by atoms with Crippen LogP contribution in [0.25, 0.3) is 10.2 Å². The van der Waals surface area contributed by atoms with E-state index in [0.717, 1.165) is 36.8 Å². The molecule has 41 heavy (non-hydrogen) atoms. The second-order valence-corrected chi connectivity index (χ2v) is 12.5. The number of aryl methyl sites for hydroxylation is 2. The lowest BCUT2D eigenvalue weighted by Crippen LogP contribution is -2.48. The van der Waals surface area contributed by atoms with E-state index >= 15 is 0 Å². The van der Waals surface area contributed by atoms with Gasteiger partial charge in [0.1, 0.15) is 5.75 Å². The fraction of sp³-hybridized carbons (Fsp3) is 0.310. The minimum Gasteiger partial charge on any atom is -0.497 e. The number of sulfonamides is 1. The van der Waals surface area contributed by atoms with Gasteiger partial charge in [-0.25, -0.2) is 13.4 Å².